The number of furan rings is 1. The van der Waals surface area contributed by atoms with E-state index in [1.54, 1.807) is 6.07 Å². The highest BCUT2D eigenvalue weighted by Gasteiger charge is 2.38. The van der Waals surface area contributed by atoms with E-state index < -0.39 is 5.97 Å². The Kier molecular flexibility index (Phi) is 3.72. The topological polar surface area (TPSA) is 70.8 Å². The van der Waals surface area contributed by atoms with Crippen molar-refractivity contribution in [3.8, 4) is 0 Å². The molecule has 1 amide bonds. The normalized spacial score (nSPS) is 22.4. The summed E-state index contributed by atoms with van der Waals surface area (Å²) >= 11 is 1.03. The van der Waals surface area contributed by atoms with E-state index in [9.17, 15) is 9.59 Å². The lowest BCUT2D eigenvalue weighted by molar-refractivity contribution is 0.0700. The largest absolute Gasteiger partial charge is 0.477 e. The highest BCUT2D eigenvalue weighted by Crippen LogP contribution is 2.47. The minimum Gasteiger partial charge on any atom is -0.477 e. The van der Waals surface area contributed by atoms with Crippen LogP contribution in [0.5, 0.6) is 0 Å². The molecule has 0 aromatic carbocycles. The molecule has 2 unspecified atom stereocenters. The standard InChI is InChI=1S/C18H19NO4S/c1-10-8-13(10)14-5-4-12(23-14)9-19(11-2-3-11)17(20)15-6-7-16(24-15)18(21)22/h4-7,10-11,13H,2-3,8-9H2,1H3,(H,21,22). The smallest absolute Gasteiger partial charge is 0.345 e. The molecular weight excluding hydrogens is 326 g/mol. The summed E-state index contributed by atoms with van der Waals surface area (Å²) in [5.41, 5.74) is 0. The molecule has 0 bridgehead atoms. The molecule has 126 valence electrons. The van der Waals surface area contributed by atoms with Crippen LogP contribution >= 0.6 is 11.3 Å². The summed E-state index contributed by atoms with van der Waals surface area (Å²) < 4.78 is 5.93. The highest BCUT2D eigenvalue weighted by molar-refractivity contribution is 7.15. The van der Waals surface area contributed by atoms with Gasteiger partial charge in [0.2, 0.25) is 0 Å². The lowest BCUT2D eigenvalue weighted by Crippen LogP contribution is -2.31. The molecule has 2 aromatic heterocycles. The third kappa shape index (κ3) is 2.98. The van der Waals surface area contributed by atoms with Crippen molar-refractivity contribution in [2.75, 3.05) is 0 Å². The van der Waals surface area contributed by atoms with Crippen molar-refractivity contribution in [1.82, 2.24) is 4.90 Å². The lowest BCUT2D eigenvalue weighted by Gasteiger charge is -2.20. The first-order valence-corrected chi connectivity index (χ1v) is 9.07. The maximum atomic E-state index is 12.8. The van der Waals surface area contributed by atoms with Gasteiger partial charge in [-0.3, -0.25) is 4.79 Å². The Morgan fingerprint density at radius 2 is 1.96 bits per heavy atom. The molecular formula is C18H19NO4S. The number of nitrogens with zero attached hydrogens (tertiary/aromatic N) is 1. The van der Waals surface area contributed by atoms with E-state index in [-0.39, 0.29) is 16.8 Å². The second kappa shape index (κ2) is 5.77. The predicted octanol–water partition coefficient (Wildman–Crippen LogP) is 3.97. The molecule has 2 aliphatic rings. The first-order chi connectivity index (χ1) is 11.5. The van der Waals surface area contributed by atoms with Crippen molar-refractivity contribution in [2.45, 2.75) is 44.7 Å². The van der Waals surface area contributed by atoms with Gasteiger partial charge in [-0.05, 0) is 49.4 Å². The number of hydrogen-bond donors (Lipinski definition) is 1. The number of amides is 1. The van der Waals surface area contributed by atoms with Crippen molar-refractivity contribution in [3.63, 3.8) is 0 Å². The molecule has 0 radical (unpaired) electrons. The highest BCUT2D eigenvalue weighted by atomic mass is 32.1. The third-order valence-corrected chi connectivity index (χ3v) is 5.82. The number of carboxylic acids is 1. The van der Waals surface area contributed by atoms with Gasteiger partial charge in [0, 0.05) is 12.0 Å². The lowest BCUT2D eigenvalue weighted by atomic mass is 10.3. The average molecular weight is 345 g/mol. The number of rotatable bonds is 6. The van der Waals surface area contributed by atoms with Crippen LogP contribution in [-0.2, 0) is 6.54 Å². The molecule has 6 heteroatoms. The summed E-state index contributed by atoms with van der Waals surface area (Å²) in [6.07, 6.45) is 3.16. The van der Waals surface area contributed by atoms with Crippen LogP contribution in [0.25, 0.3) is 0 Å². The van der Waals surface area contributed by atoms with Crippen molar-refractivity contribution in [2.24, 2.45) is 5.92 Å². The predicted molar refractivity (Wildman–Crippen MR) is 89.4 cm³/mol. The minimum absolute atomic E-state index is 0.104. The van der Waals surface area contributed by atoms with Crippen LogP contribution in [0.4, 0.5) is 0 Å². The maximum Gasteiger partial charge on any atom is 0.345 e. The number of carbonyl (C=O) groups is 2. The van der Waals surface area contributed by atoms with E-state index in [1.165, 1.54) is 12.5 Å². The van der Waals surface area contributed by atoms with Gasteiger partial charge in [-0.2, -0.15) is 0 Å². The van der Waals surface area contributed by atoms with E-state index in [0.29, 0.717) is 23.3 Å². The zero-order valence-corrected chi connectivity index (χ0v) is 14.2. The Labute approximate surface area is 143 Å². The SMILES string of the molecule is CC1CC1c1ccc(CN(C(=O)c2ccc(C(=O)O)s2)C2CC2)o1. The van der Waals surface area contributed by atoms with Gasteiger partial charge in [-0.15, -0.1) is 11.3 Å². The van der Waals surface area contributed by atoms with Gasteiger partial charge in [0.15, 0.2) is 0 Å². The first kappa shape index (κ1) is 15.4. The average Bonchev–Trinajstić information content (AvgIpc) is 3.41. The number of carbonyl (C=O) groups excluding carboxylic acids is 1. The van der Waals surface area contributed by atoms with Gasteiger partial charge in [-0.1, -0.05) is 6.92 Å². The van der Waals surface area contributed by atoms with Crippen molar-refractivity contribution in [1.29, 1.82) is 0 Å². The molecule has 1 N–H and O–H groups in total. The van der Waals surface area contributed by atoms with Gasteiger partial charge in [0.05, 0.1) is 11.4 Å². The molecule has 0 aliphatic heterocycles. The van der Waals surface area contributed by atoms with Crippen molar-refractivity contribution in [3.05, 3.63) is 45.5 Å². The zero-order valence-electron chi connectivity index (χ0n) is 13.4. The summed E-state index contributed by atoms with van der Waals surface area (Å²) in [6.45, 7) is 2.66. The molecule has 2 fully saturated rings. The summed E-state index contributed by atoms with van der Waals surface area (Å²) in [7, 11) is 0. The first-order valence-electron chi connectivity index (χ1n) is 8.25. The molecule has 2 atom stereocenters. The van der Waals surface area contributed by atoms with Crippen LogP contribution in [0.3, 0.4) is 0 Å². The van der Waals surface area contributed by atoms with Crippen molar-refractivity contribution >= 4 is 23.2 Å². The van der Waals surface area contributed by atoms with Crippen LogP contribution in [0.15, 0.2) is 28.7 Å². The van der Waals surface area contributed by atoms with Crippen LogP contribution in [0.2, 0.25) is 0 Å². The molecule has 0 saturated heterocycles. The molecule has 2 saturated carbocycles. The zero-order chi connectivity index (χ0) is 16.8. The van der Waals surface area contributed by atoms with Crippen LogP contribution in [0, 0.1) is 5.92 Å². The molecule has 0 spiro atoms. The molecule has 24 heavy (non-hydrogen) atoms. The van der Waals surface area contributed by atoms with Crippen LogP contribution in [-0.4, -0.2) is 27.9 Å². The van der Waals surface area contributed by atoms with Gasteiger partial charge < -0.3 is 14.4 Å². The summed E-state index contributed by atoms with van der Waals surface area (Å²) in [4.78, 5) is 26.3. The van der Waals surface area contributed by atoms with E-state index >= 15 is 0 Å². The third-order valence-electron chi connectivity index (χ3n) is 4.76. The van der Waals surface area contributed by atoms with Gasteiger partial charge in [-0.25, -0.2) is 4.79 Å². The van der Waals surface area contributed by atoms with Crippen LogP contribution < -0.4 is 0 Å². The van der Waals surface area contributed by atoms with Crippen LogP contribution in [0.1, 0.15) is 63.0 Å². The molecule has 5 nitrogen and oxygen atoms in total. The number of aromatic carboxylic acids is 1. The minimum atomic E-state index is -0.994. The number of thiophene rings is 1. The Morgan fingerprint density at radius 1 is 1.25 bits per heavy atom. The van der Waals surface area contributed by atoms with Gasteiger partial charge in [0.1, 0.15) is 16.4 Å². The Hall–Kier alpha value is -2.08. The second-order valence-corrected chi connectivity index (χ2v) is 7.84. The summed E-state index contributed by atoms with van der Waals surface area (Å²) in [5, 5.41) is 9.03. The molecule has 2 heterocycles. The Morgan fingerprint density at radius 3 is 2.54 bits per heavy atom. The quantitative estimate of drug-likeness (QED) is 0.860. The van der Waals surface area contributed by atoms with E-state index in [1.807, 2.05) is 17.0 Å². The van der Waals surface area contributed by atoms with Crippen molar-refractivity contribution < 1.29 is 19.1 Å². The van der Waals surface area contributed by atoms with E-state index in [4.69, 9.17) is 9.52 Å². The second-order valence-electron chi connectivity index (χ2n) is 6.76. The fraction of sp³-hybridized carbons (Fsp3) is 0.444. The summed E-state index contributed by atoms with van der Waals surface area (Å²) in [5.74, 6) is 1.94. The molecule has 2 aliphatic carbocycles. The van der Waals surface area contributed by atoms with E-state index in [2.05, 4.69) is 6.92 Å². The van der Waals surface area contributed by atoms with Gasteiger partial charge >= 0.3 is 5.97 Å². The molecule has 4 rings (SSSR count). The van der Waals surface area contributed by atoms with E-state index in [0.717, 1.165) is 35.7 Å². The van der Waals surface area contributed by atoms with Gasteiger partial charge in [0.25, 0.3) is 5.91 Å². The summed E-state index contributed by atoms with van der Waals surface area (Å²) in [6, 6.07) is 7.31. The number of carboxylic acid groups (broad SMARTS) is 1. The monoisotopic (exact) mass is 345 g/mol. The Balaban J connectivity index is 1.50. The Bertz CT molecular complexity index is 789. The molecule has 2 aromatic rings. The number of hydrogen-bond acceptors (Lipinski definition) is 4. The fourth-order valence-electron chi connectivity index (χ4n) is 3.03. The maximum absolute atomic E-state index is 12.8. The fourth-order valence-corrected chi connectivity index (χ4v) is 3.83.